The highest BCUT2D eigenvalue weighted by atomic mass is 35.5. The second-order valence-electron chi connectivity index (χ2n) is 7.07. The number of nitrogens with zero attached hydrogens (tertiary/aromatic N) is 3. The van der Waals surface area contributed by atoms with Crippen LogP contribution in [-0.4, -0.2) is 29.0 Å². The summed E-state index contributed by atoms with van der Waals surface area (Å²) in [5.74, 6) is -0.144. The van der Waals surface area contributed by atoms with Crippen molar-refractivity contribution in [3.8, 4) is 5.75 Å². The van der Waals surface area contributed by atoms with Crippen LogP contribution in [0.2, 0.25) is 10.0 Å². The molecule has 0 aliphatic rings. The van der Waals surface area contributed by atoms with Crippen molar-refractivity contribution >= 4 is 39.4 Å². The van der Waals surface area contributed by atoms with E-state index in [1.165, 1.54) is 18.2 Å². The number of aromatic nitrogens is 3. The van der Waals surface area contributed by atoms with Crippen LogP contribution in [0, 0.1) is 0 Å². The predicted molar refractivity (Wildman–Crippen MR) is 118 cm³/mol. The van der Waals surface area contributed by atoms with Gasteiger partial charge in [0, 0.05) is 41.1 Å². The lowest BCUT2D eigenvalue weighted by Crippen LogP contribution is -2.17. The summed E-state index contributed by atoms with van der Waals surface area (Å²) in [6.07, 6.45) is 2.22. The minimum absolute atomic E-state index is 0.0594. The van der Waals surface area contributed by atoms with Crippen LogP contribution in [0.3, 0.4) is 0 Å². The second-order valence-corrected chi connectivity index (χ2v) is 9.40. The number of pyridine rings is 1. The van der Waals surface area contributed by atoms with Crippen molar-refractivity contribution in [1.29, 1.82) is 0 Å². The lowest BCUT2D eigenvalue weighted by atomic mass is 10.1. The summed E-state index contributed by atoms with van der Waals surface area (Å²) in [6, 6.07) is 7.66. The number of rotatable bonds is 8. The van der Waals surface area contributed by atoms with Gasteiger partial charge in [-0.15, -0.1) is 0 Å². The number of halogens is 2. The van der Waals surface area contributed by atoms with Crippen LogP contribution in [0.15, 0.2) is 47.8 Å². The Morgan fingerprint density at radius 3 is 2.34 bits per heavy atom. The van der Waals surface area contributed by atoms with Gasteiger partial charge in [-0.25, -0.2) is 9.78 Å². The van der Waals surface area contributed by atoms with Gasteiger partial charge in [-0.1, -0.05) is 37.0 Å². The molecule has 9 nitrogen and oxygen atoms in total. The van der Waals surface area contributed by atoms with E-state index in [9.17, 15) is 13.2 Å². The van der Waals surface area contributed by atoms with E-state index < -0.39 is 16.2 Å². The van der Waals surface area contributed by atoms with Crippen LogP contribution in [0.5, 0.6) is 5.75 Å². The van der Waals surface area contributed by atoms with Gasteiger partial charge in [0.25, 0.3) is 0 Å². The largest absolute Gasteiger partial charge is 0.442 e. The molecule has 0 saturated carbocycles. The predicted octanol–water partition coefficient (Wildman–Crippen LogP) is 4.12. The van der Waals surface area contributed by atoms with Gasteiger partial charge < -0.3 is 19.2 Å². The highest BCUT2D eigenvalue weighted by molar-refractivity contribution is 7.87. The number of ether oxygens (including phenoxy) is 1. The molecule has 32 heavy (non-hydrogen) atoms. The summed E-state index contributed by atoms with van der Waals surface area (Å²) in [6.45, 7) is 3.57. The van der Waals surface area contributed by atoms with Crippen LogP contribution >= 0.6 is 23.2 Å². The molecule has 0 spiro atoms. The first-order valence-corrected chi connectivity index (χ1v) is 11.5. The van der Waals surface area contributed by atoms with Gasteiger partial charge >= 0.3 is 16.2 Å². The number of imidazole rings is 1. The zero-order chi connectivity index (χ0) is 23.5. The molecule has 0 bridgehead atoms. The maximum Gasteiger partial charge on any atom is 0.404 e. The Bertz CT molecular complexity index is 1210. The molecule has 2 aromatic heterocycles. The lowest BCUT2D eigenvalue weighted by Gasteiger charge is -2.15. The van der Waals surface area contributed by atoms with Crippen molar-refractivity contribution < 1.29 is 22.1 Å². The van der Waals surface area contributed by atoms with Gasteiger partial charge in [0.2, 0.25) is 5.03 Å². The lowest BCUT2D eigenvalue weighted by molar-refractivity contribution is 0.146. The summed E-state index contributed by atoms with van der Waals surface area (Å²) in [5.41, 5.74) is 6.30. The molecule has 170 valence electrons. The first-order valence-electron chi connectivity index (χ1n) is 9.38. The van der Waals surface area contributed by atoms with Gasteiger partial charge in [0.05, 0.1) is 5.69 Å². The Balaban J connectivity index is 2.11. The third-order valence-corrected chi connectivity index (χ3v) is 5.93. The Labute approximate surface area is 195 Å². The third-order valence-electron chi connectivity index (χ3n) is 4.31. The fourth-order valence-electron chi connectivity index (χ4n) is 3.07. The van der Waals surface area contributed by atoms with E-state index in [4.69, 9.17) is 37.9 Å². The molecular weight excluding hydrogens is 479 g/mol. The highest BCUT2D eigenvalue weighted by Gasteiger charge is 2.31. The summed E-state index contributed by atoms with van der Waals surface area (Å²) < 4.78 is 38.2. The average molecular weight is 499 g/mol. The van der Waals surface area contributed by atoms with E-state index in [2.05, 4.69) is 9.97 Å². The summed E-state index contributed by atoms with van der Waals surface area (Å²) in [5, 5.41) is 0.122. The van der Waals surface area contributed by atoms with Crippen LogP contribution in [0.1, 0.15) is 36.8 Å². The Morgan fingerprint density at radius 2 is 1.78 bits per heavy atom. The van der Waals surface area contributed by atoms with Crippen LogP contribution in [0.25, 0.3) is 0 Å². The summed E-state index contributed by atoms with van der Waals surface area (Å²) >= 11 is 11.9. The molecule has 0 fully saturated rings. The Hall–Kier alpha value is -2.82. The van der Waals surface area contributed by atoms with E-state index in [0.717, 1.165) is 5.56 Å². The number of nitrogens with two attached hydrogens (primary N) is 1. The monoisotopic (exact) mass is 498 g/mol. The molecule has 1 amide bonds. The smallest absolute Gasteiger partial charge is 0.404 e. The number of benzene rings is 1. The number of hydrogen-bond donors (Lipinski definition) is 1. The molecule has 1 aromatic carbocycles. The minimum atomic E-state index is -4.39. The van der Waals surface area contributed by atoms with Crippen LogP contribution in [-0.2, 0) is 28.0 Å². The van der Waals surface area contributed by atoms with Crippen molar-refractivity contribution in [2.24, 2.45) is 5.73 Å². The fourth-order valence-corrected chi connectivity index (χ4v) is 4.82. The highest BCUT2D eigenvalue weighted by Crippen LogP contribution is 2.31. The molecule has 12 heteroatoms. The standard InChI is InChI=1S/C20H20Cl2N4O5S/c1-12(2)18-19(32(28,29)31-16-8-14(21)7-15(22)9-16)25-17(11-30-20(23)27)26(18)10-13-3-5-24-6-4-13/h3-9,12H,10-11H2,1-2H3,(H2,23,27). The normalized spacial score (nSPS) is 11.5. The molecule has 0 atom stereocenters. The van der Waals surface area contributed by atoms with Crippen molar-refractivity contribution in [1.82, 2.24) is 14.5 Å². The zero-order valence-corrected chi connectivity index (χ0v) is 19.5. The number of carbonyl (C=O) groups is 1. The Morgan fingerprint density at radius 1 is 1.16 bits per heavy atom. The van der Waals surface area contributed by atoms with E-state index in [1.54, 1.807) is 29.1 Å². The van der Waals surface area contributed by atoms with E-state index in [0.29, 0.717) is 5.69 Å². The van der Waals surface area contributed by atoms with Gasteiger partial charge in [-0.2, -0.15) is 8.42 Å². The molecule has 2 N–H and O–H groups in total. The molecule has 3 aromatic rings. The number of carbonyl (C=O) groups excluding carboxylic acids is 1. The van der Waals surface area contributed by atoms with Crippen molar-refractivity contribution in [3.05, 3.63) is 69.9 Å². The maximum absolute atomic E-state index is 13.2. The number of primary amides is 1. The topological polar surface area (TPSA) is 126 Å². The van der Waals surface area contributed by atoms with Crippen molar-refractivity contribution in [2.75, 3.05) is 0 Å². The van der Waals surface area contributed by atoms with E-state index >= 15 is 0 Å². The molecule has 2 heterocycles. The molecule has 0 aliphatic heterocycles. The maximum atomic E-state index is 13.2. The van der Waals surface area contributed by atoms with Gasteiger partial charge in [0.15, 0.2) is 6.61 Å². The van der Waals surface area contributed by atoms with Crippen molar-refractivity contribution in [3.63, 3.8) is 0 Å². The molecule has 0 aliphatic carbocycles. The van der Waals surface area contributed by atoms with Gasteiger partial charge in [-0.3, -0.25) is 4.98 Å². The SMILES string of the molecule is CC(C)c1c(S(=O)(=O)Oc2cc(Cl)cc(Cl)c2)nc(COC(N)=O)n1Cc1ccncc1. The fraction of sp³-hybridized carbons (Fsp3) is 0.250. The van der Waals surface area contributed by atoms with Gasteiger partial charge in [0.1, 0.15) is 11.6 Å². The van der Waals surface area contributed by atoms with Crippen LogP contribution < -0.4 is 9.92 Å². The molecular formula is C20H20Cl2N4O5S. The molecule has 0 saturated heterocycles. The zero-order valence-electron chi connectivity index (χ0n) is 17.2. The number of hydrogen-bond acceptors (Lipinski definition) is 7. The summed E-state index contributed by atoms with van der Waals surface area (Å²) in [4.78, 5) is 19.4. The minimum Gasteiger partial charge on any atom is -0.442 e. The van der Waals surface area contributed by atoms with E-state index in [1.807, 2.05) is 13.8 Å². The van der Waals surface area contributed by atoms with Gasteiger partial charge in [-0.05, 0) is 29.7 Å². The third kappa shape index (κ3) is 5.70. The van der Waals surface area contributed by atoms with E-state index in [-0.39, 0.29) is 45.7 Å². The average Bonchev–Trinajstić information content (AvgIpc) is 3.05. The second kappa shape index (κ2) is 9.76. The first kappa shape index (κ1) is 23.8. The van der Waals surface area contributed by atoms with Crippen LogP contribution in [0.4, 0.5) is 4.79 Å². The summed E-state index contributed by atoms with van der Waals surface area (Å²) in [7, 11) is -4.39. The quantitative estimate of drug-likeness (QED) is 0.462. The Kier molecular flexibility index (Phi) is 7.27. The first-order chi connectivity index (χ1) is 15.1. The molecule has 0 unspecified atom stereocenters. The molecule has 0 radical (unpaired) electrons. The van der Waals surface area contributed by atoms with Crippen molar-refractivity contribution in [2.45, 2.75) is 37.9 Å². The number of amides is 1. The molecule has 3 rings (SSSR count).